The Balaban J connectivity index is 1.67. The number of para-hydroxylation sites is 1. The summed E-state index contributed by atoms with van der Waals surface area (Å²) in [6.07, 6.45) is 0.920. The van der Waals surface area contributed by atoms with Crippen molar-refractivity contribution in [1.29, 1.82) is 0 Å². The molecule has 28 heavy (non-hydrogen) atoms. The topological polar surface area (TPSA) is 63.9 Å². The molecule has 1 aromatic heterocycles. The van der Waals surface area contributed by atoms with Gasteiger partial charge in [0.1, 0.15) is 0 Å². The average molecular weight is 396 g/mol. The molecule has 0 aliphatic heterocycles. The van der Waals surface area contributed by atoms with Crippen molar-refractivity contribution in [2.24, 2.45) is 0 Å². The lowest BCUT2D eigenvalue weighted by atomic mass is 10.1. The van der Waals surface area contributed by atoms with Gasteiger partial charge in [-0.25, -0.2) is 0 Å². The summed E-state index contributed by atoms with van der Waals surface area (Å²) >= 11 is 1.37. The second kappa shape index (κ2) is 9.50. The molecule has 146 valence electrons. The number of aryl methyl sites for hydroxylation is 2. The van der Waals surface area contributed by atoms with Crippen LogP contribution in [-0.2, 0) is 11.3 Å². The molecule has 0 fully saturated rings. The first kappa shape index (κ1) is 20.1. The number of thioether (sulfide) groups is 1. The SMILES string of the molecule is CCCN(Cc1ccc(C)cc1)C(=O)CSc1nnnn1-c1ccccc1C. The first-order valence-corrected chi connectivity index (χ1v) is 10.4. The number of tetrazole rings is 1. The quantitative estimate of drug-likeness (QED) is 0.543. The number of hydrogen-bond donors (Lipinski definition) is 0. The van der Waals surface area contributed by atoms with Crippen LogP contribution < -0.4 is 0 Å². The molecular weight excluding hydrogens is 370 g/mol. The minimum absolute atomic E-state index is 0.0896. The monoisotopic (exact) mass is 395 g/mol. The van der Waals surface area contributed by atoms with Gasteiger partial charge < -0.3 is 4.90 Å². The van der Waals surface area contributed by atoms with E-state index in [4.69, 9.17) is 0 Å². The van der Waals surface area contributed by atoms with E-state index < -0.39 is 0 Å². The lowest BCUT2D eigenvalue weighted by Crippen LogP contribution is -2.32. The van der Waals surface area contributed by atoms with E-state index in [2.05, 4.69) is 53.6 Å². The number of hydrogen-bond acceptors (Lipinski definition) is 5. The molecule has 3 aromatic rings. The van der Waals surface area contributed by atoms with E-state index in [1.54, 1.807) is 4.68 Å². The standard InChI is InChI=1S/C21H25N5OS/c1-4-13-25(14-18-11-9-16(2)10-12-18)20(27)15-28-21-22-23-24-26(21)19-8-6-5-7-17(19)3/h5-12H,4,13-15H2,1-3H3. The van der Waals surface area contributed by atoms with Crippen LogP contribution in [0.4, 0.5) is 0 Å². The molecule has 0 unspecified atom stereocenters. The summed E-state index contributed by atoms with van der Waals surface area (Å²) < 4.78 is 1.69. The van der Waals surface area contributed by atoms with Gasteiger partial charge in [-0.1, -0.05) is 66.7 Å². The van der Waals surface area contributed by atoms with Crippen LogP contribution in [0, 0.1) is 13.8 Å². The molecule has 1 amide bonds. The third-order valence-electron chi connectivity index (χ3n) is 4.45. The number of benzene rings is 2. The van der Waals surface area contributed by atoms with Crippen LogP contribution in [0.5, 0.6) is 0 Å². The fourth-order valence-electron chi connectivity index (χ4n) is 2.91. The van der Waals surface area contributed by atoms with Gasteiger partial charge in [0.05, 0.1) is 11.4 Å². The van der Waals surface area contributed by atoms with Crippen molar-refractivity contribution in [3.8, 4) is 5.69 Å². The molecule has 0 bridgehead atoms. The number of carbonyl (C=O) groups is 1. The summed E-state index contributed by atoms with van der Waals surface area (Å²) in [5, 5.41) is 12.6. The molecule has 3 rings (SSSR count). The lowest BCUT2D eigenvalue weighted by Gasteiger charge is -2.22. The highest BCUT2D eigenvalue weighted by atomic mass is 32.2. The van der Waals surface area contributed by atoms with Gasteiger partial charge in [0.25, 0.3) is 0 Å². The van der Waals surface area contributed by atoms with E-state index in [9.17, 15) is 4.79 Å². The van der Waals surface area contributed by atoms with Crippen LogP contribution in [-0.4, -0.2) is 43.3 Å². The third kappa shape index (κ3) is 4.98. The maximum absolute atomic E-state index is 12.8. The predicted molar refractivity (Wildman–Crippen MR) is 112 cm³/mol. The van der Waals surface area contributed by atoms with Gasteiger partial charge in [-0.05, 0) is 47.9 Å². The molecule has 7 heteroatoms. The molecule has 0 saturated carbocycles. The predicted octanol–water partition coefficient (Wildman–Crippen LogP) is 3.81. The zero-order valence-electron chi connectivity index (χ0n) is 16.5. The number of rotatable bonds is 8. The normalized spacial score (nSPS) is 10.8. The van der Waals surface area contributed by atoms with E-state index in [0.29, 0.717) is 17.5 Å². The van der Waals surface area contributed by atoms with E-state index in [0.717, 1.165) is 29.8 Å². The molecular formula is C21H25N5OS. The van der Waals surface area contributed by atoms with E-state index in [1.165, 1.54) is 17.3 Å². The van der Waals surface area contributed by atoms with Gasteiger partial charge in [-0.15, -0.1) is 5.10 Å². The molecule has 1 heterocycles. The Kier molecular flexibility index (Phi) is 6.81. The molecule has 6 nitrogen and oxygen atoms in total. The molecule has 0 aliphatic rings. The Hall–Kier alpha value is -2.67. The Labute approximate surface area is 169 Å². The van der Waals surface area contributed by atoms with Crippen molar-refractivity contribution in [2.75, 3.05) is 12.3 Å². The number of carbonyl (C=O) groups excluding carboxylic acids is 1. The fraction of sp³-hybridized carbons (Fsp3) is 0.333. The van der Waals surface area contributed by atoms with Crippen LogP contribution >= 0.6 is 11.8 Å². The van der Waals surface area contributed by atoms with Gasteiger partial charge in [0.2, 0.25) is 11.1 Å². The molecule has 0 spiro atoms. The average Bonchev–Trinajstić information content (AvgIpc) is 3.16. The molecule has 0 aliphatic carbocycles. The highest BCUT2D eigenvalue weighted by molar-refractivity contribution is 7.99. The van der Waals surface area contributed by atoms with Crippen LogP contribution in [0.3, 0.4) is 0 Å². The second-order valence-electron chi connectivity index (χ2n) is 6.75. The maximum Gasteiger partial charge on any atom is 0.233 e. The second-order valence-corrected chi connectivity index (χ2v) is 7.69. The summed E-state index contributed by atoms with van der Waals surface area (Å²) in [5.41, 5.74) is 4.36. The van der Waals surface area contributed by atoms with Crippen LogP contribution in [0.25, 0.3) is 5.69 Å². The molecule has 2 aromatic carbocycles. The van der Waals surface area contributed by atoms with Crippen molar-refractivity contribution in [3.05, 3.63) is 65.2 Å². The number of nitrogens with zero attached hydrogens (tertiary/aromatic N) is 5. The molecule has 0 atom stereocenters. The minimum atomic E-state index is 0.0896. The van der Waals surface area contributed by atoms with Gasteiger partial charge in [0, 0.05) is 13.1 Å². The van der Waals surface area contributed by atoms with Crippen LogP contribution in [0.15, 0.2) is 53.7 Å². The van der Waals surface area contributed by atoms with Gasteiger partial charge in [0.15, 0.2) is 0 Å². The Morgan fingerprint density at radius 1 is 1.11 bits per heavy atom. The van der Waals surface area contributed by atoms with Crippen LogP contribution in [0.2, 0.25) is 0 Å². The molecule has 0 saturated heterocycles. The highest BCUT2D eigenvalue weighted by Gasteiger charge is 2.17. The Morgan fingerprint density at radius 3 is 2.57 bits per heavy atom. The smallest absolute Gasteiger partial charge is 0.233 e. The van der Waals surface area contributed by atoms with E-state index >= 15 is 0 Å². The Morgan fingerprint density at radius 2 is 1.86 bits per heavy atom. The van der Waals surface area contributed by atoms with Gasteiger partial charge >= 0.3 is 0 Å². The van der Waals surface area contributed by atoms with E-state index in [-0.39, 0.29) is 5.91 Å². The first-order chi connectivity index (χ1) is 13.6. The zero-order valence-corrected chi connectivity index (χ0v) is 17.3. The summed E-state index contributed by atoms with van der Waals surface area (Å²) in [7, 11) is 0. The Bertz CT molecular complexity index is 923. The molecule has 0 N–H and O–H groups in total. The van der Waals surface area contributed by atoms with Crippen molar-refractivity contribution in [3.63, 3.8) is 0 Å². The summed E-state index contributed by atoms with van der Waals surface area (Å²) in [6, 6.07) is 16.2. The van der Waals surface area contributed by atoms with Crippen molar-refractivity contribution in [2.45, 2.75) is 38.9 Å². The van der Waals surface area contributed by atoms with Crippen LogP contribution in [0.1, 0.15) is 30.0 Å². The fourth-order valence-corrected chi connectivity index (χ4v) is 3.70. The van der Waals surface area contributed by atoms with Crippen molar-refractivity contribution >= 4 is 17.7 Å². The number of amides is 1. The first-order valence-electron chi connectivity index (χ1n) is 9.39. The van der Waals surface area contributed by atoms with Gasteiger partial charge in [-0.3, -0.25) is 4.79 Å². The minimum Gasteiger partial charge on any atom is -0.338 e. The van der Waals surface area contributed by atoms with Crippen molar-refractivity contribution in [1.82, 2.24) is 25.1 Å². The lowest BCUT2D eigenvalue weighted by molar-refractivity contribution is -0.129. The zero-order chi connectivity index (χ0) is 19.9. The maximum atomic E-state index is 12.8. The largest absolute Gasteiger partial charge is 0.338 e. The third-order valence-corrected chi connectivity index (χ3v) is 5.35. The summed E-state index contributed by atoms with van der Waals surface area (Å²) in [5.74, 6) is 0.393. The highest BCUT2D eigenvalue weighted by Crippen LogP contribution is 2.21. The van der Waals surface area contributed by atoms with Crippen molar-refractivity contribution < 1.29 is 4.79 Å². The van der Waals surface area contributed by atoms with Gasteiger partial charge in [-0.2, -0.15) is 4.68 Å². The summed E-state index contributed by atoms with van der Waals surface area (Å²) in [4.78, 5) is 14.7. The van der Waals surface area contributed by atoms with E-state index in [1.807, 2.05) is 36.1 Å². The summed E-state index contributed by atoms with van der Waals surface area (Å²) in [6.45, 7) is 7.52. The molecule has 0 radical (unpaired) electrons. The number of aromatic nitrogens is 4.